The maximum absolute atomic E-state index is 12.5. The predicted molar refractivity (Wildman–Crippen MR) is 54.0 cm³/mol. The van der Waals surface area contributed by atoms with Gasteiger partial charge in [0.05, 0.1) is 5.92 Å². The van der Waals surface area contributed by atoms with Crippen molar-refractivity contribution in [3.8, 4) is 0 Å². The second-order valence-electron chi connectivity index (χ2n) is 3.21. The van der Waals surface area contributed by atoms with Crippen LogP contribution in [0.4, 0.5) is 8.78 Å². The van der Waals surface area contributed by atoms with Gasteiger partial charge in [0.1, 0.15) is 0 Å². The minimum Gasteiger partial charge on any atom is -0.206 e. The fourth-order valence-electron chi connectivity index (χ4n) is 1.04. The number of hydrogen-bond donors (Lipinski definition) is 0. The smallest absolute Gasteiger partial charge is 0.206 e. The first-order chi connectivity index (χ1) is 5.93. The zero-order valence-electron chi connectivity index (χ0n) is 7.36. The molecule has 13 heavy (non-hydrogen) atoms. The van der Waals surface area contributed by atoms with E-state index in [2.05, 4.69) is 22.5 Å². The summed E-state index contributed by atoms with van der Waals surface area (Å²) in [5, 5.41) is 0. The zero-order chi connectivity index (χ0) is 10.1. The van der Waals surface area contributed by atoms with Crippen molar-refractivity contribution in [2.75, 3.05) is 0 Å². The highest BCUT2D eigenvalue weighted by Crippen LogP contribution is 2.52. The Kier molecular flexibility index (Phi) is 3.06. The molecule has 1 aliphatic carbocycles. The van der Waals surface area contributed by atoms with Gasteiger partial charge < -0.3 is 0 Å². The van der Waals surface area contributed by atoms with E-state index in [9.17, 15) is 8.78 Å². The van der Waals surface area contributed by atoms with Crippen LogP contribution in [0.1, 0.15) is 13.3 Å². The molecule has 0 N–H and O–H groups in total. The van der Waals surface area contributed by atoms with Gasteiger partial charge in [0.2, 0.25) is 0 Å². The molecule has 1 saturated carbocycles. The first-order valence-corrected chi connectivity index (χ1v) is 4.80. The summed E-state index contributed by atoms with van der Waals surface area (Å²) in [7, 11) is 0. The van der Waals surface area contributed by atoms with E-state index in [1.54, 1.807) is 18.2 Å². The summed E-state index contributed by atoms with van der Waals surface area (Å²) in [5.74, 6) is -3.14. The summed E-state index contributed by atoms with van der Waals surface area (Å²) in [5.41, 5.74) is 0.509. The van der Waals surface area contributed by atoms with Crippen molar-refractivity contribution in [2.45, 2.75) is 19.3 Å². The van der Waals surface area contributed by atoms with E-state index in [1.165, 1.54) is 0 Å². The Bertz CT molecular complexity index is 273. The number of rotatable bonds is 3. The maximum Gasteiger partial charge on any atom is 0.255 e. The van der Waals surface area contributed by atoms with E-state index in [0.29, 0.717) is 5.57 Å². The van der Waals surface area contributed by atoms with Crippen LogP contribution in [0.15, 0.2) is 34.9 Å². The van der Waals surface area contributed by atoms with Crippen LogP contribution >= 0.6 is 15.9 Å². The van der Waals surface area contributed by atoms with Crippen molar-refractivity contribution in [1.82, 2.24) is 0 Å². The summed E-state index contributed by atoms with van der Waals surface area (Å²) < 4.78 is 26.0. The number of halogens is 3. The molecule has 0 aromatic rings. The lowest BCUT2D eigenvalue weighted by Crippen LogP contribution is -1.93. The van der Waals surface area contributed by atoms with Crippen LogP contribution in [-0.2, 0) is 0 Å². The molecule has 0 aromatic carbocycles. The van der Waals surface area contributed by atoms with Crippen LogP contribution in [0.25, 0.3) is 0 Å². The van der Waals surface area contributed by atoms with E-state index in [-0.39, 0.29) is 6.42 Å². The highest BCUT2D eigenvalue weighted by Gasteiger charge is 2.57. The third kappa shape index (κ3) is 3.07. The number of allylic oxidation sites excluding steroid dienone is 5. The minimum absolute atomic E-state index is 0.0484. The lowest BCUT2D eigenvalue weighted by Gasteiger charge is -1.95. The third-order valence-electron chi connectivity index (χ3n) is 1.91. The molecule has 0 spiro atoms. The first kappa shape index (κ1) is 10.6. The molecule has 1 unspecified atom stereocenters. The van der Waals surface area contributed by atoms with Gasteiger partial charge in [0, 0.05) is 6.42 Å². The van der Waals surface area contributed by atoms with Crippen molar-refractivity contribution in [3.63, 3.8) is 0 Å². The summed E-state index contributed by atoms with van der Waals surface area (Å²) >= 11 is 3.23. The Morgan fingerprint density at radius 1 is 1.62 bits per heavy atom. The lowest BCUT2D eigenvalue weighted by molar-refractivity contribution is 0.106. The second-order valence-corrected chi connectivity index (χ2v) is 4.46. The largest absolute Gasteiger partial charge is 0.255 e. The Balaban J connectivity index is 2.44. The number of hydrogen-bond acceptors (Lipinski definition) is 0. The van der Waals surface area contributed by atoms with Gasteiger partial charge in [-0.25, -0.2) is 8.78 Å². The molecule has 0 aliphatic heterocycles. The van der Waals surface area contributed by atoms with Gasteiger partial charge in [-0.1, -0.05) is 40.7 Å². The van der Waals surface area contributed by atoms with Gasteiger partial charge >= 0.3 is 0 Å². The van der Waals surface area contributed by atoms with Crippen LogP contribution in [0.5, 0.6) is 0 Å². The fraction of sp³-hybridized carbons (Fsp3) is 0.400. The second kappa shape index (κ2) is 3.74. The van der Waals surface area contributed by atoms with Crippen LogP contribution < -0.4 is 0 Å². The molecular weight excluding hydrogens is 238 g/mol. The lowest BCUT2D eigenvalue weighted by atomic mass is 10.2. The van der Waals surface area contributed by atoms with Crippen molar-refractivity contribution < 1.29 is 8.78 Å². The molecule has 0 heterocycles. The van der Waals surface area contributed by atoms with E-state index in [0.717, 1.165) is 4.48 Å². The van der Waals surface area contributed by atoms with Crippen molar-refractivity contribution in [2.24, 2.45) is 5.92 Å². The molecule has 1 fully saturated rings. The predicted octanol–water partition coefficient (Wildman–Crippen LogP) is 4.05. The normalized spacial score (nSPS) is 26.5. The van der Waals surface area contributed by atoms with Crippen molar-refractivity contribution in [3.05, 3.63) is 34.9 Å². The minimum atomic E-state index is -2.51. The highest BCUT2D eigenvalue weighted by atomic mass is 79.9. The van der Waals surface area contributed by atoms with Gasteiger partial charge in [-0.15, -0.1) is 0 Å². The Labute approximate surface area is 85.1 Å². The molecule has 0 saturated heterocycles. The van der Waals surface area contributed by atoms with Gasteiger partial charge in [-0.05, 0) is 17.0 Å². The zero-order valence-corrected chi connectivity index (χ0v) is 8.94. The monoisotopic (exact) mass is 248 g/mol. The summed E-state index contributed by atoms with van der Waals surface area (Å²) in [6, 6.07) is 0. The quantitative estimate of drug-likeness (QED) is 0.662. The van der Waals surface area contributed by atoms with E-state index in [1.807, 2.05) is 6.92 Å². The molecule has 0 radical (unpaired) electrons. The topological polar surface area (TPSA) is 0 Å². The summed E-state index contributed by atoms with van der Waals surface area (Å²) in [6.45, 7) is 5.47. The molecule has 1 atom stereocenters. The Morgan fingerprint density at radius 2 is 2.15 bits per heavy atom. The fourth-order valence-corrected chi connectivity index (χ4v) is 1.19. The molecule has 3 heteroatoms. The van der Waals surface area contributed by atoms with Crippen molar-refractivity contribution in [1.29, 1.82) is 0 Å². The molecule has 0 aromatic heterocycles. The van der Waals surface area contributed by atoms with Crippen LogP contribution in [0, 0.1) is 5.92 Å². The van der Waals surface area contributed by atoms with Gasteiger partial charge in [-0.3, -0.25) is 0 Å². The highest BCUT2D eigenvalue weighted by molar-refractivity contribution is 9.11. The van der Waals surface area contributed by atoms with Crippen LogP contribution in [0.3, 0.4) is 0 Å². The molecule has 1 rings (SSSR count). The van der Waals surface area contributed by atoms with Gasteiger partial charge in [0.15, 0.2) is 0 Å². The standard InChI is InChI=1S/C10H11BrF2/c1-7(4-3-5-8(2)11)9-6-10(9,12)13/h3-5,9H,1,6H2,2H3/b4-3-,8-5+. The van der Waals surface area contributed by atoms with E-state index < -0.39 is 11.8 Å². The third-order valence-corrected chi connectivity index (χ3v) is 2.17. The molecule has 0 bridgehead atoms. The van der Waals surface area contributed by atoms with Crippen LogP contribution in [-0.4, -0.2) is 5.92 Å². The summed E-state index contributed by atoms with van der Waals surface area (Å²) in [6.07, 6.45) is 5.11. The summed E-state index contributed by atoms with van der Waals surface area (Å²) in [4.78, 5) is 0. The molecular formula is C10H11BrF2. The molecule has 0 nitrogen and oxygen atoms in total. The van der Waals surface area contributed by atoms with E-state index in [4.69, 9.17) is 0 Å². The Morgan fingerprint density at radius 3 is 2.54 bits per heavy atom. The van der Waals surface area contributed by atoms with Crippen molar-refractivity contribution >= 4 is 15.9 Å². The SMILES string of the molecule is C=C(/C=C\C=C(/C)Br)C1CC1(F)F. The van der Waals surface area contributed by atoms with Crippen LogP contribution in [0.2, 0.25) is 0 Å². The maximum atomic E-state index is 12.5. The first-order valence-electron chi connectivity index (χ1n) is 4.00. The molecule has 0 amide bonds. The number of alkyl halides is 2. The molecule has 72 valence electrons. The average molecular weight is 249 g/mol. The Hall–Kier alpha value is -0.440. The van der Waals surface area contributed by atoms with Gasteiger partial charge in [-0.2, -0.15) is 0 Å². The van der Waals surface area contributed by atoms with E-state index >= 15 is 0 Å². The van der Waals surface area contributed by atoms with Gasteiger partial charge in [0.25, 0.3) is 5.92 Å². The molecule has 1 aliphatic rings. The average Bonchev–Trinajstić information content (AvgIpc) is 2.59.